The Balaban J connectivity index is 1.47. The fourth-order valence-electron chi connectivity index (χ4n) is 13.0. The molecule has 0 spiro atoms. The summed E-state index contributed by atoms with van der Waals surface area (Å²) in [6.45, 7) is 21.0. The summed E-state index contributed by atoms with van der Waals surface area (Å²) in [6, 6.07) is 0. The van der Waals surface area contributed by atoms with E-state index >= 15 is 0 Å². The number of fused-ring (bicyclic) bond motifs is 7. The molecule has 11 atom stereocenters. The Morgan fingerprint density at radius 1 is 0.814 bits per heavy atom. The van der Waals surface area contributed by atoms with Crippen LogP contribution in [0, 0.1) is 68.5 Å². The van der Waals surface area contributed by atoms with Gasteiger partial charge in [-0.3, -0.25) is 14.4 Å². The lowest BCUT2D eigenvalue weighted by Crippen LogP contribution is -2.67. The molecule has 5 aliphatic carbocycles. The first-order valence-corrected chi connectivity index (χ1v) is 17.9. The molecule has 0 radical (unpaired) electrons. The van der Waals surface area contributed by atoms with Crippen LogP contribution in [0.15, 0.2) is 0 Å². The standard InChI is InChI=1S/C38H62O5/c1-10-11-31(40)43-30-16-17-35(7)27(34(30,5)6)15-18-37(9)28(35)13-12-26-32-25(23(2)3)14-19-38(32,21-20-36(26,37)8)29(39)22-24(4)33(41)42/h23-28,30,32H,10-22H2,1-9H3,(H,41,42)/t24-,25?,26?,27?,28?,30+,32?,35-,36+,37+,38+/m0/s1. The third-order valence-corrected chi connectivity index (χ3v) is 15.5. The summed E-state index contributed by atoms with van der Waals surface area (Å²) in [5.74, 6) is 1.86. The number of carbonyl (C=O) groups excluding carboxylic acids is 2. The number of carbonyl (C=O) groups is 3. The molecule has 1 N–H and O–H groups in total. The second-order valence-electron chi connectivity index (χ2n) is 17.8. The summed E-state index contributed by atoms with van der Waals surface area (Å²) in [5, 5.41) is 9.66. The van der Waals surface area contributed by atoms with Crippen LogP contribution >= 0.6 is 0 Å². The second-order valence-corrected chi connectivity index (χ2v) is 17.8. The Bertz CT molecular complexity index is 1110. The van der Waals surface area contributed by atoms with Crippen molar-refractivity contribution in [3.8, 4) is 0 Å². The summed E-state index contributed by atoms with van der Waals surface area (Å²) in [7, 11) is 0. The van der Waals surface area contributed by atoms with Gasteiger partial charge in [0.05, 0.1) is 5.92 Å². The van der Waals surface area contributed by atoms with Crippen molar-refractivity contribution < 1.29 is 24.2 Å². The number of carboxylic acids is 1. The van der Waals surface area contributed by atoms with E-state index < -0.39 is 11.9 Å². The monoisotopic (exact) mass is 598 g/mol. The number of aliphatic carboxylic acids is 1. The number of esters is 1. The van der Waals surface area contributed by atoms with Crippen LogP contribution in [-0.2, 0) is 19.1 Å². The van der Waals surface area contributed by atoms with Crippen molar-refractivity contribution in [2.75, 3.05) is 0 Å². The number of ketones is 1. The van der Waals surface area contributed by atoms with Gasteiger partial charge in [-0.1, -0.05) is 62.3 Å². The van der Waals surface area contributed by atoms with E-state index in [9.17, 15) is 19.5 Å². The summed E-state index contributed by atoms with van der Waals surface area (Å²) in [5.41, 5.74) is 0.209. The number of Topliss-reactive ketones (excluding diaryl/α,β-unsaturated/α-hetero) is 1. The quantitative estimate of drug-likeness (QED) is 0.282. The summed E-state index contributed by atoms with van der Waals surface area (Å²) >= 11 is 0. The zero-order chi connectivity index (χ0) is 31.8. The molecule has 0 aromatic carbocycles. The minimum absolute atomic E-state index is 0.000647. The first kappa shape index (κ1) is 33.0. The fraction of sp³-hybridized carbons (Fsp3) is 0.921. The van der Waals surface area contributed by atoms with Crippen molar-refractivity contribution in [2.45, 2.75) is 152 Å². The minimum atomic E-state index is -0.851. The van der Waals surface area contributed by atoms with Crippen molar-refractivity contribution in [1.82, 2.24) is 0 Å². The molecule has 0 heterocycles. The molecular formula is C38H62O5. The van der Waals surface area contributed by atoms with E-state index in [0.29, 0.717) is 41.9 Å². The molecule has 5 unspecified atom stereocenters. The molecule has 0 amide bonds. The SMILES string of the molecule is CCCC(=O)O[C@@H]1CC[C@@]2(C)C(CC[C@]3(C)C2CCC2C4C(C(C)C)CC[C@]4(C(=O)C[C@H](C)C(=O)O)CC[C@]23C)C1(C)C. The molecule has 0 saturated heterocycles. The van der Waals surface area contributed by atoms with Crippen molar-refractivity contribution in [1.29, 1.82) is 0 Å². The summed E-state index contributed by atoms with van der Waals surface area (Å²) in [6.07, 6.45) is 12.5. The lowest BCUT2D eigenvalue weighted by atomic mass is 9.32. The number of ether oxygens (including phenoxy) is 1. The molecule has 0 aromatic heterocycles. The lowest BCUT2D eigenvalue weighted by Gasteiger charge is -2.73. The zero-order valence-corrected chi connectivity index (χ0v) is 28.9. The van der Waals surface area contributed by atoms with Crippen molar-refractivity contribution in [3.63, 3.8) is 0 Å². The Labute approximate surface area is 262 Å². The third kappa shape index (κ3) is 4.77. The largest absolute Gasteiger partial charge is 0.481 e. The van der Waals surface area contributed by atoms with E-state index in [1.165, 1.54) is 25.7 Å². The van der Waals surface area contributed by atoms with Crippen LogP contribution in [0.1, 0.15) is 146 Å². The Kier molecular flexibility index (Phi) is 8.55. The summed E-state index contributed by atoms with van der Waals surface area (Å²) < 4.78 is 6.16. The highest BCUT2D eigenvalue weighted by Crippen LogP contribution is 2.77. The van der Waals surface area contributed by atoms with E-state index in [-0.39, 0.29) is 51.4 Å². The van der Waals surface area contributed by atoms with Crippen molar-refractivity contribution in [3.05, 3.63) is 0 Å². The van der Waals surface area contributed by atoms with E-state index in [1.54, 1.807) is 6.92 Å². The predicted molar refractivity (Wildman–Crippen MR) is 170 cm³/mol. The number of rotatable bonds is 8. The van der Waals surface area contributed by atoms with Crippen molar-refractivity contribution in [2.24, 2.45) is 68.5 Å². The van der Waals surface area contributed by atoms with Gasteiger partial charge in [0.15, 0.2) is 0 Å². The zero-order valence-electron chi connectivity index (χ0n) is 28.9. The maximum atomic E-state index is 14.2. The maximum Gasteiger partial charge on any atom is 0.306 e. The average molecular weight is 599 g/mol. The number of carboxylic acid groups (broad SMARTS) is 1. The molecular weight excluding hydrogens is 536 g/mol. The molecule has 5 saturated carbocycles. The molecule has 43 heavy (non-hydrogen) atoms. The first-order chi connectivity index (χ1) is 20.0. The Hall–Kier alpha value is -1.39. The molecule has 244 valence electrons. The van der Waals surface area contributed by atoms with Crippen LogP contribution in [-0.4, -0.2) is 28.9 Å². The highest BCUT2D eigenvalue weighted by Gasteiger charge is 2.72. The van der Waals surface area contributed by atoms with Crippen LogP contribution in [0.5, 0.6) is 0 Å². The Morgan fingerprint density at radius 2 is 1.51 bits per heavy atom. The van der Waals surface area contributed by atoms with Crippen LogP contribution in [0.25, 0.3) is 0 Å². The molecule has 5 aliphatic rings. The maximum absolute atomic E-state index is 14.2. The third-order valence-electron chi connectivity index (χ3n) is 15.5. The highest BCUT2D eigenvalue weighted by molar-refractivity contribution is 5.89. The average Bonchev–Trinajstić information content (AvgIpc) is 3.32. The van der Waals surface area contributed by atoms with Gasteiger partial charge in [-0.05, 0) is 122 Å². The molecule has 5 rings (SSSR count). The smallest absolute Gasteiger partial charge is 0.306 e. The van der Waals surface area contributed by atoms with Gasteiger partial charge in [0.25, 0.3) is 0 Å². The molecule has 0 bridgehead atoms. The van der Waals surface area contributed by atoms with Gasteiger partial charge < -0.3 is 9.84 Å². The van der Waals surface area contributed by atoms with Gasteiger partial charge in [-0.2, -0.15) is 0 Å². The minimum Gasteiger partial charge on any atom is -0.481 e. The molecule has 5 nitrogen and oxygen atoms in total. The lowest BCUT2D eigenvalue weighted by molar-refractivity contribution is -0.250. The van der Waals surface area contributed by atoms with Gasteiger partial charge in [0.1, 0.15) is 11.9 Å². The van der Waals surface area contributed by atoms with Gasteiger partial charge in [0, 0.05) is 23.7 Å². The molecule has 0 aliphatic heterocycles. The molecule has 5 fully saturated rings. The van der Waals surface area contributed by atoms with Crippen LogP contribution < -0.4 is 0 Å². The van der Waals surface area contributed by atoms with E-state index in [2.05, 4.69) is 48.5 Å². The van der Waals surface area contributed by atoms with Gasteiger partial charge in [0.2, 0.25) is 0 Å². The molecule has 5 heteroatoms. The first-order valence-electron chi connectivity index (χ1n) is 17.9. The second kappa shape index (κ2) is 11.1. The topological polar surface area (TPSA) is 80.7 Å². The highest BCUT2D eigenvalue weighted by atomic mass is 16.5. The van der Waals surface area contributed by atoms with Crippen LogP contribution in [0.4, 0.5) is 0 Å². The van der Waals surface area contributed by atoms with E-state index in [0.717, 1.165) is 44.9 Å². The van der Waals surface area contributed by atoms with Gasteiger partial charge >= 0.3 is 11.9 Å². The number of hydrogen-bond donors (Lipinski definition) is 1. The van der Waals surface area contributed by atoms with Crippen LogP contribution in [0.3, 0.4) is 0 Å². The normalized spacial score (nSPS) is 45.7. The van der Waals surface area contributed by atoms with Crippen LogP contribution in [0.2, 0.25) is 0 Å². The fourth-order valence-corrected chi connectivity index (χ4v) is 13.0. The Morgan fingerprint density at radius 3 is 2.14 bits per heavy atom. The number of hydrogen-bond acceptors (Lipinski definition) is 4. The van der Waals surface area contributed by atoms with Crippen molar-refractivity contribution >= 4 is 17.7 Å². The van der Waals surface area contributed by atoms with E-state index in [1.807, 2.05) is 6.92 Å². The van der Waals surface area contributed by atoms with Gasteiger partial charge in [-0.25, -0.2) is 0 Å². The van der Waals surface area contributed by atoms with E-state index in [4.69, 9.17) is 4.74 Å². The summed E-state index contributed by atoms with van der Waals surface area (Å²) in [4.78, 5) is 38.5. The van der Waals surface area contributed by atoms with Gasteiger partial charge in [-0.15, -0.1) is 0 Å². The predicted octanol–water partition coefficient (Wildman–Crippen LogP) is 9.12. The molecule has 0 aromatic rings.